The summed E-state index contributed by atoms with van der Waals surface area (Å²) in [5.41, 5.74) is 2.67. The summed E-state index contributed by atoms with van der Waals surface area (Å²) in [6, 6.07) is 8.40. The summed E-state index contributed by atoms with van der Waals surface area (Å²) in [7, 11) is 1.94. The van der Waals surface area contributed by atoms with E-state index in [1.807, 2.05) is 14.0 Å². The van der Waals surface area contributed by atoms with Crippen LogP contribution in [0.1, 0.15) is 31.4 Å². The molecule has 0 spiro atoms. The lowest BCUT2D eigenvalue weighted by Gasteiger charge is -2.46. The van der Waals surface area contributed by atoms with E-state index < -0.39 is 18.0 Å². The minimum absolute atomic E-state index is 0.0674. The zero-order chi connectivity index (χ0) is 22.3. The third-order valence-electron chi connectivity index (χ3n) is 6.64. The predicted octanol–water partition coefficient (Wildman–Crippen LogP) is 1.87. The van der Waals surface area contributed by atoms with Gasteiger partial charge in [-0.05, 0) is 38.1 Å². The van der Waals surface area contributed by atoms with Gasteiger partial charge in [0.2, 0.25) is 5.91 Å². The number of β-lactam (4-membered cyclic amide) rings is 1. The zero-order valence-corrected chi connectivity index (χ0v) is 19.1. The number of carboxylic acid groups (broad SMARTS) is 1. The van der Waals surface area contributed by atoms with Gasteiger partial charge in [0.15, 0.2) is 0 Å². The lowest BCUT2D eigenvalue weighted by molar-refractivity contribution is -0.163. The fourth-order valence-electron chi connectivity index (χ4n) is 5.12. The van der Waals surface area contributed by atoms with Gasteiger partial charge in [-0.25, -0.2) is 4.79 Å². The van der Waals surface area contributed by atoms with Crippen molar-refractivity contribution in [3.63, 3.8) is 0 Å². The van der Waals surface area contributed by atoms with E-state index in [1.165, 1.54) is 16.0 Å². The molecule has 2 saturated heterocycles. The summed E-state index contributed by atoms with van der Waals surface area (Å²) >= 11 is 1.62. The predicted molar refractivity (Wildman–Crippen MR) is 120 cm³/mol. The van der Waals surface area contributed by atoms with Crippen LogP contribution in [0.4, 0.5) is 0 Å². The SMILES string of the molecule is CNCc1ccc(CN2CC[C@@H](SC3=C(C(=O)O)N4C(=O)[C@H](C(C)O)[C@H]4[C@H]3C)C2)cc1. The number of aliphatic carboxylic acids is 1. The van der Waals surface area contributed by atoms with E-state index in [-0.39, 0.29) is 23.6 Å². The second kappa shape index (κ2) is 8.94. The third kappa shape index (κ3) is 4.14. The van der Waals surface area contributed by atoms with Gasteiger partial charge in [0.1, 0.15) is 5.70 Å². The maximum absolute atomic E-state index is 12.5. The van der Waals surface area contributed by atoms with Crippen LogP contribution in [0.3, 0.4) is 0 Å². The average molecular weight is 446 g/mol. The normalized spacial score (nSPS) is 29.3. The van der Waals surface area contributed by atoms with Gasteiger partial charge in [0.05, 0.1) is 18.1 Å². The van der Waals surface area contributed by atoms with Crippen molar-refractivity contribution >= 4 is 23.6 Å². The van der Waals surface area contributed by atoms with E-state index in [2.05, 4.69) is 34.5 Å². The summed E-state index contributed by atoms with van der Waals surface area (Å²) in [5, 5.41) is 23.3. The Morgan fingerprint density at radius 1 is 1.29 bits per heavy atom. The molecular formula is C23H31N3O4S. The van der Waals surface area contributed by atoms with Gasteiger partial charge in [-0.15, -0.1) is 11.8 Å². The van der Waals surface area contributed by atoms with Crippen LogP contribution in [0.25, 0.3) is 0 Å². The Morgan fingerprint density at radius 3 is 2.58 bits per heavy atom. The highest BCUT2D eigenvalue weighted by molar-refractivity contribution is 8.03. The number of likely N-dealkylation sites (tertiary alicyclic amines) is 1. The molecule has 8 heteroatoms. The maximum atomic E-state index is 12.5. The van der Waals surface area contributed by atoms with E-state index >= 15 is 0 Å². The average Bonchev–Trinajstić information content (AvgIpc) is 3.25. The molecule has 3 heterocycles. The third-order valence-corrected chi connectivity index (χ3v) is 8.18. The Morgan fingerprint density at radius 2 is 1.97 bits per heavy atom. The molecule has 0 aromatic heterocycles. The fourth-order valence-corrected chi connectivity index (χ4v) is 6.64. The molecule has 1 unspecified atom stereocenters. The first-order valence-corrected chi connectivity index (χ1v) is 11.8. The van der Waals surface area contributed by atoms with Gasteiger partial charge in [-0.1, -0.05) is 31.2 Å². The van der Waals surface area contributed by atoms with Crippen molar-refractivity contribution in [2.24, 2.45) is 11.8 Å². The summed E-state index contributed by atoms with van der Waals surface area (Å²) < 4.78 is 0. The fraction of sp³-hybridized carbons (Fsp3) is 0.565. The van der Waals surface area contributed by atoms with Crippen LogP contribution in [-0.4, -0.2) is 69.4 Å². The summed E-state index contributed by atoms with van der Waals surface area (Å²) in [5.74, 6) is -1.89. The van der Waals surface area contributed by atoms with Crippen molar-refractivity contribution in [2.45, 2.75) is 50.8 Å². The van der Waals surface area contributed by atoms with Crippen LogP contribution in [0.15, 0.2) is 34.9 Å². The van der Waals surface area contributed by atoms with Crippen LogP contribution >= 0.6 is 11.8 Å². The van der Waals surface area contributed by atoms with Crippen molar-refractivity contribution in [3.8, 4) is 0 Å². The van der Waals surface area contributed by atoms with Gasteiger partial charge in [0.25, 0.3) is 0 Å². The highest BCUT2D eigenvalue weighted by atomic mass is 32.2. The standard InChI is InChI=1S/C23H31N3O4S/c1-13-19-18(14(2)27)22(28)26(19)20(23(29)30)21(13)31-17-8-9-25(12-17)11-16-6-4-15(5-7-16)10-24-3/h4-7,13-14,17-19,24,27H,8-12H2,1-3H3,(H,29,30)/t13-,14?,17-,18-,19-/m1/s1. The number of benzene rings is 1. The number of thioether (sulfide) groups is 1. The molecule has 0 saturated carbocycles. The molecule has 31 heavy (non-hydrogen) atoms. The topological polar surface area (TPSA) is 93.1 Å². The number of aliphatic hydroxyl groups excluding tert-OH is 1. The minimum Gasteiger partial charge on any atom is -0.477 e. The molecule has 3 aliphatic heterocycles. The Kier molecular flexibility index (Phi) is 6.44. The number of amides is 1. The molecule has 0 radical (unpaired) electrons. The highest BCUT2D eigenvalue weighted by Gasteiger charge is 2.60. The van der Waals surface area contributed by atoms with Crippen LogP contribution in [0, 0.1) is 11.8 Å². The first kappa shape index (κ1) is 22.3. The Bertz CT molecular complexity index is 885. The van der Waals surface area contributed by atoms with E-state index in [9.17, 15) is 19.8 Å². The molecule has 0 aliphatic carbocycles. The quantitative estimate of drug-likeness (QED) is 0.526. The molecule has 4 rings (SSSR count). The monoisotopic (exact) mass is 445 g/mol. The number of nitrogens with one attached hydrogen (secondary N) is 1. The molecule has 1 amide bonds. The number of rotatable bonds is 8. The highest BCUT2D eigenvalue weighted by Crippen LogP contribution is 2.51. The van der Waals surface area contributed by atoms with Gasteiger partial charge < -0.3 is 20.4 Å². The summed E-state index contributed by atoms with van der Waals surface area (Å²) in [4.78, 5) is 29.1. The van der Waals surface area contributed by atoms with Crippen molar-refractivity contribution in [2.75, 3.05) is 20.1 Å². The molecule has 5 atom stereocenters. The van der Waals surface area contributed by atoms with Crippen LogP contribution in [0.5, 0.6) is 0 Å². The largest absolute Gasteiger partial charge is 0.477 e. The van der Waals surface area contributed by atoms with E-state index in [1.54, 1.807) is 18.7 Å². The lowest BCUT2D eigenvalue weighted by Crippen LogP contribution is -2.63. The number of hydrogen-bond donors (Lipinski definition) is 3. The van der Waals surface area contributed by atoms with Gasteiger partial charge in [-0.2, -0.15) is 0 Å². The number of hydrogen-bond acceptors (Lipinski definition) is 6. The number of carboxylic acids is 1. The molecular weight excluding hydrogens is 414 g/mol. The number of aliphatic hydroxyl groups is 1. The van der Waals surface area contributed by atoms with Gasteiger partial charge >= 0.3 is 5.97 Å². The van der Waals surface area contributed by atoms with E-state index in [4.69, 9.17) is 0 Å². The number of fused-ring (bicyclic) bond motifs is 1. The number of nitrogens with zero attached hydrogens (tertiary/aromatic N) is 2. The molecule has 1 aromatic carbocycles. The minimum atomic E-state index is -1.05. The Balaban J connectivity index is 1.41. The van der Waals surface area contributed by atoms with Gasteiger partial charge in [0, 0.05) is 35.7 Å². The second-order valence-electron chi connectivity index (χ2n) is 8.88. The smallest absolute Gasteiger partial charge is 0.353 e. The molecule has 2 fully saturated rings. The number of carbonyl (C=O) groups excluding carboxylic acids is 1. The number of carbonyl (C=O) groups is 2. The first-order chi connectivity index (χ1) is 14.8. The van der Waals surface area contributed by atoms with Crippen molar-refractivity contribution in [1.82, 2.24) is 15.1 Å². The Labute approximate surface area is 187 Å². The zero-order valence-electron chi connectivity index (χ0n) is 18.2. The molecule has 1 aromatic rings. The molecule has 7 nitrogen and oxygen atoms in total. The van der Waals surface area contributed by atoms with Crippen molar-refractivity contribution in [1.29, 1.82) is 0 Å². The van der Waals surface area contributed by atoms with Crippen LogP contribution in [-0.2, 0) is 22.7 Å². The van der Waals surface area contributed by atoms with E-state index in [0.29, 0.717) is 5.25 Å². The summed E-state index contributed by atoms with van der Waals surface area (Å²) in [6.45, 7) is 7.20. The van der Waals surface area contributed by atoms with Gasteiger partial charge in [-0.3, -0.25) is 9.69 Å². The maximum Gasteiger partial charge on any atom is 0.353 e. The summed E-state index contributed by atoms with van der Waals surface area (Å²) in [6.07, 6.45) is 0.224. The van der Waals surface area contributed by atoms with Crippen LogP contribution < -0.4 is 5.32 Å². The molecule has 168 valence electrons. The van der Waals surface area contributed by atoms with E-state index in [0.717, 1.165) is 37.5 Å². The van der Waals surface area contributed by atoms with Crippen LogP contribution in [0.2, 0.25) is 0 Å². The molecule has 3 N–H and O–H groups in total. The molecule has 0 bridgehead atoms. The second-order valence-corrected chi connectivity index (χ2v) is 10.2. The lowest BCUT2D eigenvalue weighted by atomic mass is 9.79. The Hall–Kier alpha value is -1.87. The molecule has 3 aliphatic rings. The van der Waals surface area contributed by atoms with Crippen molar-refractivity contribution < 1.29 is 19.8 Å². The van der Waals surface area contributed by atoms with Crippen molar-refractivity contribution in [3.05, 3.63) is 46.0 Å². The first-order valence-electron chi connectivity index (χ1n) is 10.9.